The van der Waals surface area contributed by atoms with Gasteiger partial charge in [0.05, 0.1) is 11.5 Å². The van der Waals surface area contributed by atoms with Crippen molar-refractivity contribution in [3.63, 3.8) is 0 Å². The minimum absolute atomic E-state index is 0.0526. The molecular formula is C26H33F2N7O2. The third-order valence-electron chi connectivity index (χ3n) is 7.32. The van der Waals surface area contributed by atoms with Crippen LogP contribution >= 0.6 is 0 Å². The molecule has 2 aliphatic rings. The number of H-pyrrole nitrogens is 1. The van der Waals surface area contributed by atoms with Gasteiger partial charge in [-0.1, -0.05) is 24.3 Å². The fraction of sp³-hybridized carbons (Fsp3) is 0.500. The minimum Gasteiger partial charge on any atom is -0.390 e. The summed E-state index contributed by atoms with van der Waals surface area (Å²) in [4.78, 5) is 19.8. The van der Waals surface area contributed by atoms with Crippen LogP contribution < -0.4 is 10.6 Å². The molecule has 1 fully saturated rings. The zero-order chi connectivity index (χ0) is 25.9. The van der Waals surface area contributed by atoms with Crippen molar-refractivity contribution >= 4 is 28.4 Å². The lowest BCUT2D eigenvalue weighted by atomic mass is 10.00. The number of pyridine rings is 1. The number of benzene rings is 1. The van der Waals surface area contributed by atoms with Gasteiger partial charge in [0.25, 0.3) is 6.43 Å². The number of carbonyl (C=O) groups is 1. The molecule has 3 aromatic rings. The summed E-state index contributed by atoms with van der Waals surface area (Å²) >= 11 is 0. The SMILES string of the molecule is CC(=O)N1CCC(Nc2ncc(C(F)F)c3c(NCC(O)CN4CCc5ccccc5C4)n[nH]c23)CC1. The summed E-state index contributed by atoms with van der Waals surface area (Å²) in [6.07, 6.45) is 0.186. The number of hydrogen-bond donors (Lipinski definition) is 4. The summed E-state index contributed by atoms with van der Waals surface area (Å²) < 4.78 is 27.7. The molecule has 11 heteroatoms. The number of fused-ring (bicyclic) bond motifs is 2. The van der Waals surface area contributed by atoms with Gasteiger partial charge >= 0.3 is 0 Å². The number of nitrogens with one attached hydrogen (secondary N) is 3. The first kappa shape index (κ1) is 25.3. The van der Waals surface area contributed by atoms with Crippen molar-refractivity contribution in [1.29, 1.82) is 0 Å². The highest BCUT2D eigenvalue weighted by molar-refractivity contribution is 5.98. The molecule has 1 atom stereocenters. The highest BCUT2D eigenvalue weighted by atomic mass is 19.3. The summed E-state index contributed by atoms with van der Waals surface area (Å²) in [5.41, 5.74) is 2.80. The highest BCUT2D eigenvalue weighted by Crippen LogP contribution is 2.35. The van der Waals surface area contributed by atoms with E-state index in [1.165, 1.54) is 17.3 Å². The number of hydrogen-bond acceptors (Lipinski definition) is 7. The topological polar surface area (TPSA) is 109 Å². The van der Waals surface area contributed by atoms with Crippen LogP contribution in [0.5, 0.6) is 0 Å². The zero-order valence-electron chi connectivity index (χ0n) is 20.9. The Labute approximate surface area is 214 Å². The molecule has 1 aromatic carbocycles. The molecule has 0 saturated carbocycles. The smallest absolute Gasteiger partial charge is 0.266 e. The molecule has 4 N–H and O–H groups in total. The number of rotatable bonds is 8. The molecule has 0 radical (unpaired) electrons. The van der Waals surface area contributed by atoms with Gasteiger partial charge in [0, 0.05) is 64.0 Å². The first-order valence-corrected chi connectivity index (χ1v) is 12.8. The Hall–Kier alpha value is -3.31. The Morgan fingerprint density at radius 2 is 1.95 bits per heavy atom. The normalized spacial score (nSPS) is 17.7. The Bertz CT molecular complexity index is 1240. The maximum Gasteiger partial charge on any atom is 0.266 e. The van der Waals surface area contributed by atoms with Crippen LogP contribution in [0, 0.1) is 0 Å². The largest absolute Gasteiger partial charge is 0.390 e. The Balaban J connectivity index is 1.25. The Kier molecular flexibility index (Phi) is 7.52. The monoisotopic (exact) mass is 513 g/mol. The molecule has 2 aliphatic heterocycles. The lowest BCUT2D eigenvalue weighted by molar-refractivity contribution is -0.129. The molecule has 0 spiro atoms. The molecule has 5 rings (SSSR count). The van der Waals surface area contributed by atoms with Gasteiger partial charge in [-0.3, -0.25) is 14.8 Å². The number of piperidine rings is 1. The summed E-state index contributed by atoms with van der Waals surface area (Å²) in [7, 11) is 0. The van der Waals surface area contributed by atoms with Gasteiger partial charge in [0.2, 0.25) is 5.91 Å². The third kappa shape index (κ3) is 5.67. The molecule has 1 saturated heterocycles. The van der Waals surface area contributed by atoms with Gasteiger partial charge in [0.15, 0.2) is 11.6 Å². The van der Waals surface area contributed by atoms with E-state index >= 15 is 0 Å². The molecule has 1 unspecified atom stereocenters. The first-order chi connectivity index (χ1) is 17.9. The summed E-state index contributed by atoms with van der Waals surface area (Å²) in [6, 6.07) is 8.39. The molecule has 0 aliphatic carbocycles. The lowest BCUT2D eigenvalue weighted by Gasteiger charge is -2.32. The predicted octanol–water partition coefficient (Wildman–Crippen LogP) is 3.15. The molecular weight excluding hydrogens is 480 g/mol. The number of aliphatic hydroxyl groups is 1. The van der Waals surface area contributed by atoms with Crippen LogP contribution in [0.4, 0.5) is 20.4 Å². The van der Waals surface area contributed by atoms with Gasteiger partial charge in [-0.05, 0) is 30.4 Å². The van der Waals surface area contributed by atoms with Crippen molar-refractivity contribution in [3.05, 3.63) is 47.2 Å². The highest BCUT2D eigenvalue weighted by Gasteiger charge is 2.25. The number of aromatic amines is 1. The van der Waals surface area contributed by atoms with Crippen LogP contribution in [0.15, 0.2) is 30.5 Å². The first-order valence-electron chi connectivity index (χ1n) is 12.8. The van der Waals surface area contributed by atoms with E-state index in [2.05, 4.69) is 42.8 Å². The van der Waals surface area contributed by atoms with Gasteiger partial charge < -0.3 is 20.6 Å². The molecule has 9 nitrogen and oxygen atoms in total. The van der Waals surface area contributed by atoms with Crippen molar-refractivity contribution in [2.24, 2.45) is 0 Å². The fourth-order valence-electron chi connectivity index (χ4n) is 5.28. The van der Waals surface area contributed by atoms with Crippen molar-refractivity contribution < 1.29 is 18.7 Å². The van der Waals surface area contributed by atoms with Crippen LogP contribution in [0.25, 0.3) is 10.9 Å². The van der Waals surface area contributed by atoms with Crippen LogP contribution in [-0.4, -0.2) is 80.9 Å². The summed E-state index contributed by atoms with van der Waals surface area (Å²) in [5.74, 6) is 0.774. The molecule has 4 heterocycles. The Morgan fingerprint density at radius 1 is 1.19 bits per heavy atom. The van der Waals surface area contributed by atoms with E-state index in [9.17, 15) is 18.7 Å². The molecule has 2 aromatic heterocycles. The summed E-state index contributed by atoms with van der Waals surface area (Å²) in [5, 5.41) is 24.5. The van der Waals surface area contributed by atoms with E-state index in [1.54, 1.807) is 11.8 Å². The predicted molar refractivity (Wildman–Crippen MR) is 138 cm³/mol. The third-order valence-corrected chi connectivity index (χ3v) is 7.32. The van der Waals surface area contributed by atoms with E-state index < -0.39 is 12.5 Å². The van der Waals surface area contributed by atoms with Gasteiger partial charge in [-0.15, -0.1) is 0 Å². The van der Waals surface area contributed by atoms with E-state index in [0.717, 1.165) is 32.4 Å². The summed E-state index contributed by atoms with van der Waals surface area (Å²) in [6.45, 7) is 5.13. The van der Waals surface area contributed by atoms with Crippen LogP contribution in [0.1, 0.15) is 42.9 Å². The molecule has 0 bridgehead atoms. The number of aromatic nitrogens is 3. The Morgan fingerprint density at radius 3 is 2.68 bits per heavy atom. The van der Waals surface area contributed by atoms with Crippen LogP contribution in [0.2, 0.25) is 0 Å². The van der Waals surface area contributed by atoms with Gasteiger partial charge in [0.1, 0.15) is 5.52 Å². The second-order valence-corrected chi connectivity index (χ2v) is 9.90. The molecule has 198 valence electrons. The van der Waals surface area contributed by atoms with Crippen molar-refractivity contribution in [1.82, 2.24) is 25.0 Å². The fourth-order valence-corrected chi connectivity index (χ4v) is 5.28. The van der Waals surface area contributed by atoms with E-state index in [4.69, 9.17) is 0 Å². The van der Waals surface area contributed by atoms with Crippen molar-refractivity contribution in [3.8, 4) is 0 Å². The minimum atomic E-state index is -2.72. The van der Waals surface area contributed by atoms with Crippen LogP contribution in [0.3, 0.4) is 0 Å². The number of anilines is 2. The lowest BCUT2D eigenvalue weighted by Crippen LogP contribution is -2.41. The zero-order valence-corrected chi connectivity index (χ0v) is 20.9. The number of halogens is 2. The number of alkyl halides is 2. The van der Waals surface area contributed by atoms with E-state index in [-0.39, 0.29) is 35.3 Å². The number of amides is 1. The average molecular weight is 514 g/mol. The van der Waals surface area contributed by atoms with Crippen molar-refractivity contribution in [2.45, 2.75) is 51.3 Å². The number of nitrogens with zero attached hydrogens (tertiary/aromatic N) is 4. The number of likely N-dealkylation sites (tertiary alicyclic amines) is 1. The van der Waals surface area contributed by atoms with Gasteiger partial charge in [-0.25, -0.2) is 13.8 Å². The molecule has 1 amide bonds. The number of β-amino-alcohol motifs (C(OH)–C–C–N with tert-alkyl or cyclic N) is 1. The number of carbonyl (C=O) groups excluding carboxylic acids is 1. The maximum atomic E-state index is 13.9. The van der Waals surface area contributed by atoms with Gasteiger partial charge in [-0.2, -0.15) is 5.10 Å². The van der Waals surface area contributed by atoms with Crippen molar-refractivity contribution in [2.75, 3.05) is 43.4 Å². The average Bonchev–Trinajstić information content (AvgIpc) is 3.32. The van der Waals surface area contributed by atoms with E-state index in [1.807, 2.05) is 12.1 Å². The van der Waals surface area contributed by atoms with E-state index in [0.29, 0.717) is 31.0 Å². The standard InChI is InChI=1S/C26H33F2N7O2/c1-16(36)35-10-7-19(8-11-35)31-26-23-22(21(13-30-26)24(27)28)25(33-32-23)29-12-20(37)15-34-9-6-17-4-2-3-5-18(17)14-34/h2-5,13,19-20,24,37H,6-12,14-15H2,1H3,(H,30,31)(H2,29,32,33). The number of aliphatic hydroxyl groups excluding tert-OH is 1. The molecule has 37 heavy (non-hydrogen) atoms. The maximum absolute atomic E-state index is 13.9. The van der Waals surface area contributed by atoms with Crippen LogP contribution in [-0.2, 0) is 17.8 Å². The quantitative estimate of drug-likeness (QED) is 0.366. The second-order valence-electron chi connectivity index (χ2n) is 9.90. The second kappa shape index (κ2) is 11.0.